The lowest BCUT2D eigenvalue weighted by Crippen LogP contribution is -2.45. The van der Waals surface area contributed by atoms with Gasteiger partial charge in [-0.05, 0) is 38.1 Å². The number of pyridine rings is 1. The second-order valence-corrected chi connectivity index (χ2v) is 4.99. The van der Waals surface area contributed by atoms with Crippen LogP contribution in [0.15, 0.2) is 12.3 Å². The molecule has 94 valence electrons. The Morgan fingerprint density at radius 2 is 1.94 bits per heavy atom. The van der Waals surface area contributed by atoms with Gasteiger partial charge < -0.3 is 15.5 Å². The molecule has 4 heteroatoms. The molecule has 17 heavy (non-hydrogen) atoms. The minimum absolute atomic E-state index is 0.0581. The summed E-state index contributed by atoms with van der Waals surface area (Å²) in [4.78, 5) is 9.29. The molecule has 0 aliphatic carbocycles. The molecule has 0 saturated carbocycles. The summed E-state index contributed by atoms with van der Waals surface area (Å²) in [5.41, 5.74) is 8.21. The number of hydrogen-bond donors (Lipinski definition) is 1. The third kappa shape index (κ3) is 2.76. The molecule has 1 saturated heterocycles. The Kier molecular flexibility index (Phi) is 3.64. The zero-order chi connectivity index (χ0) is 12.4. The van der Waals surface area contributed by atoms with E-state index in [1.165, 1.54) is 5.56 Å². The van der Waals surface area contributed by atoms with Crippen LogP contribution in [-0.4, -0.2) is 43.1 Å². The van der Waals surface area contributed by atoms with Gasteiger partial charge in [0.25, 0.3) is 0 Å². The van der Waals surface area contributed by atoms with Gasteiger partial charge in [0.15, 0.2) is 0 Å². The Morgan fingerprint density at radius 1 is 1.29 bits per heavy atom. The number of aromatic nitrogens is 1. The Bertz CT molecular complexity index is 381. The fourth-order valence-electron chi connectivity index (χ4n) is 2.19. The van der Waals surface area contributed by atoms with Crippen LogP contribution in [0.1, 0.15) is 24.1 Å². The maximum Gasteiger partial charge on any atom is 0.131 e. The van der Waals surface area contributed by atoms with E-state index >= 15 is 0 Å². The van der Waals surface area contributed by atoms with Crippen molar-refractivity contribution < 1.29 is 0 Å². The Balaban J connectivity index is 2.16. The van der Waals surface area contributed by atoms with Crippen molar-refractivity contribution in [3.63, 3.8) is 0 Å². The fourth-order valence-corrected chi connectivity index (χ4v) is 2.19. The molecule has 1 aromatic rings. The summed E-state index contributed by atoms with van der Waals surface area (Å²) in [6.45, 7) is 8.44. The van der Waals surface area contributed by atoms with Gasteiger partial charge in [0.05, 0.1) is 0 Å². The predicted octanol–water partition coefficient (Wildman–Crippen LogP) is 1.16. The molecule has 2 heterocycles. The predicted molar refractivity (Wildman–Crippen MR) is 71.3 cm³/mol. The van der Waals surface area contributed by atoms with E-state index in [1.807, 2.05) is 13.1 Å². The van der Waals surface area contributed by atoms with Gasteiger partial charge in [0.1, 0.15) is 5.82 Å². The number of hydrogen-bond acceptors (Lipinski definition) is 4. The third-order valence-corrected chi connectivity index (χ3v) is 3.40. The highest BCUT2D eigenvalue weighted by atomic mass is 15.3. The minimum atomic E-state index is 0.0581. The summed E-state index contributed by atoms with van der Waals surface area (Å²) >= 11 is 0. The first kappa shape index (κ1) is 12.3. The first-order chi connectivity index (χ1) is 8.08. The van der Waals surface area contributed by atoms with E-state index in [0.29, 0.717) is 0 Å². The molecule has 2 N–H and O–H groups in total. The quantitative estimate of drug-likeness (QED) is 0.834. The molecule has 1 atom stereocenters. The molecule has 1 fully saturated rings. The van der Waals surface area contributed by atoms with Crippen LogP contribution in [0.4, 0.5) is 5.82 Å². The summed E-state index contributed by atoms with van der Waals surface area (Å²) in [7, 11) is 2.16. The first-order valence-corrected chi connectivity index (χ1v) is 6.23. The number of rotatable bonds is 2. The van der Waals surface area contributed by atoms with Gasteiger partial charge >= 0.3 is 0 Å². The van der Waals surface area contributed by atoms with Crippen LogP contribution in [-0.2, 0) is 0 Å². The van der Waals surface area contributed by atoms with Crippen molar-refractivity contribution in [2.24, 2.45) is 5.73 Å². The van der Waals surface area contributed by atoms with Gasteiger partial charge in [-0.2, -0.15) is 0 Å². The number of anilines is 1. The van der Waals surface area contributed by atoms with Crippen LogP contribution in [0, 0.1) is 6.92 Å². The van der Waals surface area contributed by atoms with Crippen LogP contribution in [0.5, 0.6) is 0 Å². The monoisotopic (exact) mass is 234 g/mol. The number of nitrogens with two attached hydrogens (primary N) is 1. The molecule has 0 amide bonds. The van der Waals surface area contributed by atoms with E-state index in [9.17, 15) is 0 Å². The topological polar surface area (TPSA) is 45.4 Å². The molecule has 4 nitrogen and oxygen atoms in total. The highest BCUT2D eigenvalue weighted by Gasteiger charge is 2.17. The minimum Gasteiger partial charge on any atom is -0.354 e. The third-order valence-electron chi connectivity index (χ3n) is 3.40. The van der Waals surface area contributed by atoms with Crippen molar-refractivity contribution in [3.8, 4) is 0 Å². The summed E-state index contributed by atoms with van der Waals surface area (Å²) in [6.07, 6.45) is 1.91. The summed E-state index contributed by atoms with van der Waals surface area (Å²) < 4.78 is 0. The van der Waals surface area contributed by atoms with E-state index < -0.39 is 0 Å². The molecular formula is C13H22N4. The van der Waals surface area contributed by atoms with E-state index in [-0.39, 0.29) is 6.04 Å². The van der Waals surface area contributed by atoms with Crippen molar-refractivity contribution in [3.05, 3.63) is 23.4 Å². The first-order valence-electron chi connectivity index (χ1n) is 6.23. The molecule has 0 radical (unpaired) electrons. The van der Waals surface area contributed by atoms with Gasteiger partial charge in [0, 0.05) is 38.4 Å². The normalized spacial score (nSPS) is 19.4. The summed E-state index contributed by atoms with van der Waals surface area (Å²) in [5, 5.41) is 0. The molecule has 0 unspecified atom stereocenters. The SMILES string of the molecule is Cc1cc([C@H](C)N)cnc1N1CCN(C)CC1. The van der Waals surface area contributed by atoms with Gasteiger partial charge in [-0.3, -0.25) is 0 Å². The standard InChI is InChI=1S/C13H22N4/c1-10-8-12(11(2)14)9-15-13(10)17-6-4-16(3)5-7-17/h8-9,11H,4-7,14H2,1-3H3/t11-/m0/s1. The van der Waals surface area contributed by atoms with Gasteiger partial charge in [0.2, 0.25) is 0 Å². The van der Waals surface area contributed by atoms with Crippen LogP contribution in [0.3, 0.4) is 0 Å². The van der Waals surface area contributed by atoms with Crippen LogP contribution in [0.2, 0.25) is 0 Å². The van der Waals surface area contributed by atoms with Gasteiger partial charge in [-0.15, -0.1) is 0 Å². The van der Waals surface area contributed by atoms with Crippen molar-refractivity contribution in [2.45, 2.75) is 19.9 Å². The van der Waals surface area contributed by atoms with E-state index in [1.54, 1.807) is 0 Å². The van der Waals surface area contributed by atoms with Gasteiger partial charge in [-0.25, -0.2) is 4.98 Å². The number of nitrogens with zero attached hydrogens (tertiary/aromatic N) is 3. The molecule has 1 aliphatic rings. The summed E-state index contributed by atoms with van der Waals surface area (Å²) in [6, 6.07) is 2.22. The smallest absolute Gasteiger partial charge is 0.131 e. The number of likely N-dealkylation sites (N-methyl/N-ethyl adjacent to an activating group) is 1. The lowest BCUT2D eigenvalue weighted by Gasteiger charge is -2.34. The second kappa shape index (κ2) is 5.02. The number of piperazine rings is 1. The highest BCUT2D eigenvalue weighted by molar-refractivity contribution is 5.48. The Labute approximate surface area is 103 Å². The summed E-state index contributed by atoms with van der Waals surface area (Å²) in [5.74, 6) is 1.11. The highest BCUT2D eigenvalue weighted by Crippen LogP contribution is 2.21. The second-order valence-electron chi connectivity index (χ2n) is 4.99. The van der Waals surface area contributed by atoms with E-state index in [0.717, 1.165) is 37.6 Å². The lowest BCUT2D eigenvalue weighted by atomic mass is 10.1. The molecular weight excluding hydrogens is 212 g/mol. The molecule has 0 bridgehead atoms. The lowest BCUT2D eigenvalue weighted by molar-refractivity contribution is 0.312. The zero-order valence-corrected chi connectivity index (χ0v) is 11.0. The van der Waals surface area contributed by atoms with E-state index in [2.05, 4.69) is 34.8 Å². The number of aryl methyl sites for hydroxylation is 1. The molecule has 2 rings (SSSR count). The van der Waals surface area contributed by atoms with Crippen LogP contribution >= 0.6 is 0 Å². The van der Waals surface area contributed by atoms with Crippen molar-refractivity contribution in [1.82, 2.24) is 9.88 Å². The molecule has 0 spiro atoms. The maximum atomic E-state index is 5.87. The molecule has 1 aromatic heterocycles. The maximum absolute atomic E-state index is 5.87. The van der Waals surface area contributed by atoms with Crippen molar-refractivity contribution >= 4 is 5.82 Å². The van der Waals surface area contributed by atoms with E-state index in [4.69, 9.17) is 5.73 Å². The fraction of sp³-hybridized carbons (Fsp3) is 0.615. The van der Waals surface area contributed by atoms with Gasteiger partial charge in [-0.1, -0.05) is 0 Å². The van der Waals surface area contributed by atoms with Crippen LogP contribution in [0.25, 0.3) is 0 Å². The average molecular weight is 234 g/mol. The largest absolute Gasteiger partial charge is 0.354 e. The Hall–Kier alpha value is -1.13. The molecule has 1 aliphatic heterocycles. The van der Waals surface area contributed by atoms with Crippen molar-refractivity contribution in [2.75, 3.05) is 38.1 Å². The van der Waals surface area contributed by atoms with Crippen LogP contribution < -0.4 is 10.6 Å². The molecule has 0 aromatic carbocycles. The van der Waals surface area contributed by atoms with Crippen molar-refractivity contribution in [1.29, 1.82) is 0 Å². The Morgan fingerprint density at radius 3 is 2.47 bits per heavy atom. The average Bonchev–Trinajstić information content (AvgIpc) is 2.30. The zero-order valence-electron chi connectivity index (χ0n) is 11.0.